The summed E-state index contributed by atoms with van der Waals surface area (Å²) in [6, 6.07) is 4.08. The van der Waals surface area contributed by atoms with Crippen molar-refractivity contribution < 1.29 is 13.9 Å². The number of rotatable bonds is 2. The van der Waals surface area contributed by atoms with Crippen molar-refractivity contribution >= 4 is 5.91 Å². The van der Waals surface area contributed by atoms with Gasteiger partial charge in [0.1, 0.15) is 17.1 Å². The van der Waals surface area contributed by atoms with Gasteiger partial charge in [-0.3, -0.25) is 4.79 Å². The van der Waals surface area contributed by atoms with E-state index < -0.39 is 11.7 Å². The fourth-order valence-corrected chi connectivity index (χ4v) is 0.914. The number of carbonyl (C=O) groups excluding carboxylic acids is 1. The van der Waals surface area contributed by atoms with Crippen LogP contribution in [0.25, 0.3) is 0 Å². The molecule has 0 fully saturated rings. The second kappa shape index (κ2) is 3.21. The molecule has 0 spiro atoms. The largest absolute Gasteiger partial charge is 0.496 e. The molecule has 64 valence electrons. The molecule has 4 heteroatoms. The third kappa shape index (κ3) is 1.37. The average Bonchev–Trinajstić information content (AvgIpc) is 2.03. The third-order valence-electron chi connectivity index (χ3n) is 1.44. The number of halogens is 1. The van der Waals surface area contributed by atoms with Crippen LogP contribution in [0.2, 0.25) is 0 Å². The van der Waals surface area contributed by atoms with E-state index in [0.29, 0.717) is 0 Å². The molecule has 1 rings (SSSR count). The molecule has 0 saturated heterocycles. The van der Waals surface area contributed by atoms with Gasteiger partial charge in [-0.05, 0) is 12.1 Å². The molecule has 0 aliphatic rings. The smallest absolute Gasteiger partial charge is 0.255 e. The van der Waals surface area contributed by atoms with Crippen LogP contribution in [-0.2, 0) is 0 Å². The summed E-state index contributed by atoms with van der Waals surface area (Å²) >= 11 is 0. The number of hydrogen-bond acceptors (Lipinski definition) is 2. The fraction of sp³-hybridized carbons (Fsp3) is 0.125. The van der Waals surface area contributed by atoms with E-state index in [0.717, 1.165) is 6.07 Å². The Morgan fingerprint density at radius 1 is 1.58 bits per heavy atom. The average molecular weight is 169 g/mol. The lowest BCUT2D eigenvalue weighted by Crippen LogP contribution is -2.14. The maximum atomic E-state index is 12.9. The van der Waals surface area contributed by atoms with E-state index in [1.807, 2.05) is 0 Å². The molecule has 1 aromatic rings. The van der Waals surface area contributed by atoms with Gasteiger partial charge in [-0.15, -0.1) is 0 Å². The predicted octanol–water partition coefficient (Wildman–Crippen LogP) is 0.933. The fourth-order valence-electron chi connectivity index (χ4n) is 0.914. The van der Waals surface area contributed by atoms with E-state index in [9.17, 15) is 9.18 Å². The Hall–Kier alpha value is -1.58. The summed E-state index contributed by atoms with van der Waals surface area (Å²) in [5, 5.41) is 0. The van der Waals surface area contributed by atoms with Gasteiger partial charge in [0.05, 0.1) is 7.11 Å². The van der Waals surface area contributed by atoms with E-state index in [1.165, 1.54) is 19.2 Å². The van der Waals surface area contributed by atoms with Gasteiger partial charge in [-0.2, -0.15) is 0 Å². The maximum absolute atomic E-state index is 12.9. The molecule has 1 aromatic carbocycles. The summed E-state index contributed by atoms with van der Waals surface area (Å²) in [5.41, 5.74) is 4.72. The minimum Gasteiger partial charge on any atom is -0.496 e. The van der Waals surface area contributed by atoms with Crippen molar-refractivity contribution in [2.24, 2.45) is 5.73 Å². The first-order chi connectivity index (χ1) is 5.66. The quantitative estimate of drug-likeness (QED) is 0.716. The predicted molar refractivity (Wildman–Crippen MR) is 41.5 cm³/mol. The number of primary amides is 1. The lowest BCUT2D eigenvalue weighted by Gasteiger charge is -2.04. The number of methoxy groups -OCH3 is 1. The van der Waals surface area contributed by atoms with Crippen molar-refractivity contribution in [3.63, 3.8) is 0 Å². The van der Waals surface area contributed by atoms with Gasteiger partial charge in [-0.1, -0.05) is 6.07 Å². The lowest BCUT2D eigenvalue weighted by atomic mass is 10.2. The minimum absolute atomic E-state index is 0.155. The molecule has 0 aliphatic carbocycles. The summed E-state index contributed by atoms with van der Waals surface area (Å²) in [7, 11) is 1.35. The second-order valence-corrected chi connectivity index (χ2v) is 2.18. The van der Waals surface area contributed by atoms with E-state index >= 15 is 0 Å². The molecule has 0 aromatic heterocycles. The Morgan fingerprint density at radius 3 is 2.67 bits per heavy atom. The number of carbonyl (C=O) groups is 1. The van der Waals surface area contributed by atoms with Crippen LogP contribution >= 0.6 is 0 Å². The molecule has 1 amide bonds. The topological polar surface area (TPSA) is 52.3 Å². The molecule has 2 N–H and O–H groups in total. The van der Waals surface area contributed by atoms with Crippen molar-refractivity contribution in [2.75, 3.05) is 7.11 Å². The molecule has 0 radical (unpaired) electrons. The van der Waals surface area contributed by atoms with Crippen LogP contribution in [0.3, 0.4) is 0 Å². The first-order valence-corrected chi connectivity index (χ1v) is 3.29. The molecule has 0 aliphatic heterocycles. The molecule has 0 atom stereocenters. The van der Waals surface area contributed by atoms with Crippen LogP contribution in [-0.4, -0.2) is 13.0 Å². The Bertz CT molecular complexity index is 312. The summed E-state index contributed by atoms with van der Waals surface area (Å²) < 4.78 is 17.7. The number of benzene rings is 1. The standard InChI is InChI=1S/C8H8FNO2/c1-12-6-4-2-3-5(9)7(6)8(10)11/h2-4H,1H3,(H2,10,11). The highest BCUT2D eigenvalue weighted by Gasteiger charge is 2.13. The molecule has 3 nitrogen and oxygen atoms in total. The van der Waals surface area contributed by atoms with Gasteiger partial charge in [-0.25, -0.2) is 4.39 Å². The maximum Gasteiger partial charge on any atom is 0.255 e. The molecule has 12 heavy (non-hydrogen) atoms. The van der Waals surface area contributed by atoms with Gasteiger partial charge in [0, 0.05) is 0 Å². The van der Waals surface area contributed by atoms with E-state index in [4.69, 9.17) is 10.5 Å². The lowest BCUT2D eigenvalue weighted by molar-refractivity contribution is 0.0993. The van der Waals surface area contributed by atoms with Gasteiger partial charge in [0.15, 0.2) is 0 Å². The number of amides is 1. The van der Waals surface area contributed by atoms with E-state index in [2.05, 4.69) is 0 Å². The van der Waals surface area contributed by atoms with Gasteiger partial charge < -0.3 is 10.5 Å². The van der Waals surface area contributed by atoms with Crippen LogP contribution in [0, 0.1) is 5.82 Å². The molecule has 0 saturated carbocycles. The highest BCUT2D eigenvalue weighted by molar-refractivity contribution is 5.95. The van der Waals surface area contributed by atoms with Crippen molar-refractivity contribution in [1.82, 2.24) is 0 Å². The Morgan fingerprint density at radius 2 is 2.25 bits per heavy atom. The van der Waals surface area contributed by atoms with E-state index in [1.54, 1.807) is 0 Å². The Balaban J connectivity index is 3.29. The van der Waals surface area contributed by atoms with Crippen LogP contribution < -0.4 is 10.5 Å². The highest BCUT2D eigenvalue weighted by Crippen LogP contribution is 2.19. The zero-order valence-electron chi connectivity index (χ0n) is 6.50. The first kappa shape index (κ1) is 8.52. The first-order valence-electron chi connectivity index (χ1n) is 3.29. The zero-order chi connectivity index (χ0) is 9.14. The van der Waals surface area contributed by atoms with E-state index in [-0.39, 0.29) is 11.3 Å². The second-order valence-electron chi connectivity index (χ2n) is 2.18. The van der Waals surface area contributed by atoms with Crippen molar-refractivity contribution in [3.05, 3.63) is 29.6 Å². The van der Waals surface area contributed by atoms with Crippen molar-refractivity contribution in [1.29, 1.82) is 0 Å². The normalized spacial score (nSPS) is 9.50. The number of ether oxygens (including phenoxy) is 1. The van der Waals surface area contributed by atoms with Crippen LogP contribution in [0.1, 0.15) is 10.4 Å². The van der Waals surface area contributed by atoms with Crippen LogP contribution in [0.5, 0.6) is 5.75 Å². The zero-order valence-corrected chi connectivity index (χ0v) is 6.50. The van der Waals surface area contributed by atoms with Crippen LogP contribution in [0.15, 0.2) is 18.2 Å². The molecule has 0 bridgehead atoms. The molecular weight excluding hydrogens is 161 g/mol. The summed E-state index contributed by atoms with van der Waals surface area (Å²) in [4.78, 5) is 10.7. The Kier molecular flexibility index (Phi) is 2.28. The summed E-state index contributed by atoms with van der Waals surface area (Å²) in [6.45, 7) is 0. The minimum atomic E-state index is -0.829. The summed E-state index contributed by atoms with van der Waals surface area (Å²) in [6.07, 6.45) is 0. The van der Waals surface area contributed by atoms with Crippen molar-refractivity contribution in [2.45, 2.75) is 0 Å². The highest BCUT2D eigenvalue weighted by atomic mass is 19.1. The number of nitrogens with two attached hydrogens (primary N) is 1. The van der Waals surface area contributed by atoms with Gasteiger partial charge in [0.2, 0.25) is 0 Å². The van der Waals surface area contributed by atoms with Crippen LogP contribution in [0.4, 0.5) is 4.39 Å². The SMILES string of the molecule is COc1cccc(F)c1C(N)=O. The monoisotopic (exact) mass is 169 g/mol. The van der Waals surface area contributed by atoms with Gasteiger partial charge >= 0.3 is 0 Å². The Labute approximate surface area is 68.9 Å². The summed E-state index contributed by atoms with van der Waals surface area (Å²) in [5.74, 6) is -1.34. The molecule has 0 heterocycles. The molecule has 0 unspecified atom stereocenters. The third-order valence-corrected chi connectivity index (χ3v) is 1.44. The molecular formula is C8H8FNO2. The van der Waals surface area contributed by atoms with Crippen molar-refractivity contribution in [3.8, 4) is 5.75 Å². The number of hydrogen-bond donors (Lipinski definition) is 1. The van der Waals surface area contributed by atoms with Gasteiger partial charge in [0.25, 0.3) is 5.91 Å².